The maximum absolute atomic E-state index is 13.5. The molecule has 2 heterocycles. The van der Waals surface area contributed by atoms with E-state index in [1.165, 1.54) is 12.1 Å². The van der Waals surface area contributed by atoms with Gasteiger partial charge in [0.05, 0.1) is 16.8 Å². The third kappa shape index (κ3) is 2.76. The van der Waals surface area contributed by atoms with Crippen LogP contribution < -0.4 is 11.1 Å². The molecule has 0 bridgehead atoms. The van der Waals surface area contributed by atoms with Crippen LogP contribution in [0.3, 0.4) is 0 Å². The van der Waals surface area contributed by atoms with Crippen molar-refractivity contribution in [1.82, 2.24) is 14.9 Å². The largest absolute Gasteiger partial charge is 0.370 e. The summed E-state index contributed by atoms with van der Waals surface area (Å²) in [7, 11) is 0. The number of aryl methyl sites for hydroxylation is 1. The van der Waals surface area contributed by atoms with Crippen LogP contribution in [0.1, 0.15) is 15.9 Å². The van der Waals surface area contributed by atoms with E-state index < -0.39 is 11.9 Å². The Morgan fingerprint density at radius 2 is 2.13 bits per heavy atom. The van der Waals surface area contributed by atoms with E-state index in [4.69, 9.17) is 11.1 Å². The van der Waals surface area contributed by atoms with Gasteiger partial charge < -0.3 is 10.3 Å². The van der Waals surface area contributed by atoms with E-state index >= 15 is 0 Å². The molecule has 7 heteroatoms. The minimum Gasteiger partial charge on any atom is -0.370 e. The van der Waals surface area contributed by atoms with E-state index in [1.54, 1.807) is 42.2 Å². The fourth-order valence-electron chi connectivity index (χ4n) is 2.45. The van der Waals surface area contributed by atoms with Gasteiger partial charge in [0.2, 0.25) is 0 Å². The van der Waals surface area contributed by atoms with Crippen LogP contribution in [0.15, 0.2) is 42.9 Å². The number of carbonyl (C=O) groups excluding carboxylic acids is 1. The number of pyridine rings is 1. The summed E-state index contributed by atoms with van der Waals surface area (Å²) in [4.78, 5) is 16.2. The lowest BCUT2D eigenvalue weighted by atomic mass is 10.2. The molecule has 0 fully saturated rings. The zero-order valence-electron chi connectivity index (χ0n) is 12.3. The normalized spacial score (nSPS) is 10.7. The molecule has 0 saturated carbocycles. The molecule has 116 valence electrons. The number of nitrogens with zero attached hydrogens (tertiary/aromatic N) is 2. The van der Waals surface area contributed by atoms with Crippen LogP contribution in [0, 0.1) is 18.2 Å². The Labute approximate surface area is 131 Å². The Hall–Kier alpha value is -3.22. The van der Waals surface area contributed by atoms with Crippen molar-refractivity contribution in [2.45, 2.75) is 6.92 Å². The lowest BCUT2D eigenvalue weighted by Gasteiger charge is -2.07. The SMILES string of the molecule is Cc1cn(-c2ccnc3ccc(F)cc23)cc1C(=O)NC(=N)N. The van der Waals surface area contributed by atoms with Gasteiger partial charge in [-0.15, -0.1) is 0 Å². The zero-order valence-corrected chi connectivity index (χ0v) is 12.3. The molecule has 0 spiro atoms. The highest BCUT2D eigenvalue weighted by Crippen LogP contribution is 2.23. The van der Waals surface area contributed by atoms with Crippen molar-refractivity contribution in [2.75, 3.05) is 0 Å². The Kier molecular flexibility index (Phi) is 3.53. The lowest BCUT2D eigenvalue weighted by Crippen LogP contribution is -2.35. The highest BCUT2D eigenvalue weighted by atomic mass is 19.1. The fraction of sp³-hybridized carbons (Fsp3) is 0.0625. The van der Waals surface area contributed by atoms with Gasteiger partial charge in [-0.2, -0.15) is 0 Å². The fourth-order valence-corrected chi connectivity index (χ4v) is 2.45. The van der Waals surface area contributed by atoms with Gasteiger partial charge in [-0.3, -0.25) is 20.5 Å². The summed E-state index contributed by atoms with van der Waals surface area (Å²) in [5.74, 6) is -1.23. The van der Waals surface area contributed by atoms with Crippen molar-refractivity contribution in [3.05, 3.63) is 59.8 Å². The maximum Gasteiger partial charge on any atom is 0.259 e. The molecule has 0 unspecified atom stereocenters. The highest BCUT2D eigenvalue weighted by Gasteiger charge is 2.14. The van der Waals surface area contributed by atoms with Crippen LogP contribution in [0.4, 0.5) is 4.39 Å². The number of nitrogens with one attached hydrogen (secondary N) is 2. The van der Waals surface area contributed by atoms with Crippen molar-refractivity contribution >= 4 is 22.8 Å². The third-order valence-corrected chi connectivity index (χ3v) is 3.48. The molecule has 0 saturated heterocycles. The van der Waals surface area contributed by atoms with Gasteiger partial charge in [0.1, 0.15) is 5.82 Å². The number of hydrogen-bond acceptors (Lipinski definition) is 3. The molecule has 4 N–H and O–H groups in total. The van der Waals surface area contributed by atoms with Crippen molar-refractivity contribution in [3.63, 3.8) is 0 Å². The van der Waals surface area contributed by atoms with Gasteiger partial charge in [-0.05, 0) is 36.8 Å². The van der Waals surface area contributed by atoms with E-state index in [9.17, 15) is 9.18 Å². The minimum atomic E-state index is -0.460. The average Bonchev–Trinajstić information content (AvgIpc) is 2.87. The number of benzene rings is 1. The molecular weight excluding hydrogens is 297 g/mol. The number of fused-ring (bicyclic) bond motifs is 1. The predicted molar refractivity (Wildman–Crippen MR) is 85.1 cm³/mol. The third-order valence-electron chi connectivity index (χ3n) is 3.48. The average molecular weight is 311 g/mol. The van der Waals surface area contributed by atoms with E-state index in [0.717, 1.165) is 0 Å². The zero-order chi connectivity index (χ0) is 16.6. The number of hydrogen-bond donors (Lipinski definition) is 3. The topological polar surface area (TPSA) is 96.8 Å². The summed E-state index contributed by atoms with van der Waals surface area (Å²) >= 11 is 0. The molecule has 0 aliphatic carbocycles. The van der Waals surface area contributed by atoms with Crippen LogP contribution in [-0.2, 0) is 0 Å². The summed E-state index contributed by atoms with van der Waals surface area (Å²) in [5, 5.41) is 10.0. The number of rotatable bonds is 2. The number of halogens is 1. The second kappa shape index (κ2) is 5.53. The lowest BCUT2D eigenvalue weighted by molar-refractivity contribution is 0.0976. The Morgan fingerprint density at radius 1 is 1.35 bits per heavy atom. The summed E-state index contributed by atoms with van der Waals surface area (Å²) in [6.45, 7) is 1.77. The van der Waals surface area contributed by atoms with Gasteiger partial charge in [-0.25, -0.2) is 4.39 Å². The highest BCUT2D eigenvalue weighted by molar-refractivity contribution is 6.05. The molecule has 2 aromatic heterocycles. The van der Waals surface area contributed by atoms with Crippen molar-refractivity contribution in [3.8, 4) is 5.69 Å². The number of aromatic nitrogens is 2. The van der Waals surface area contributed by atoms with E-state index in [2.05, 4.69) is 10.3 Å². The first-order valence-electron chi connectivity index (χ1n) is 6.84. The molecular formula is C16H14FN5O. The molecule has 1 amide bonds. The number of nitrogens with two attached hydrogens (primary N) is 1. The summed E-state index contributed by atoms with van der Waals surface area (Å²) in [6, 6.07) is 6.11. The van der Waals surface area contributed by atoms with Gasteiger partial charge in [-0.1, -0.05) is 0 Å². The maximum atomic E-state index is 13.5. The van der Waals surface area contributed by atoms with Crippen LogP contribution in [0.5, 0.6) is 0 Å². The summed E-state index contributed by atoms with van der Waals surface area (Å²) in [5.41, 5.74) is 7.65. The second-order valence-electron chi connectivity index (χ2n) is 5.12. The van der Waals surface area contributed by atoms with Crippen LogP contribution in [-0.4, -0.2) is 21.4 Å². The van der Waals surface area contributed by atoms with Crippen LogP contribution in [0.25, 0.3) is 16.6 Å². The number of carbonyl (C=O) groups is 1. The monoisotopic (exact) mass is 311 g/mol. The van der Waals surface area contributed by atoms with Gasteiger partial charge >= 0.3 is 0 Å². The van der Waals surface area contributed by atoms with Crippen molar-refractivity contribution < 1.29 is 9.18 Å². The molecule has 23 heavy (non-hydrogen) atoms. The molecule has 6 nitrogen and oxygen atoms in total. The van der Waals surface area contributed by atoms with Crippen molar-refractivity contribution in [1.29, 1.82) is 5.41 Å². The molecule has 1 aromatic carbocycles. The molecule has 3 aromatic rings. The van der Waals surface area contributed by atoms with Gasteiger partial charge in [0, 0.05) is 24.0 Å². The van der Waals surface area contributed by atoms with E-state index in [1.807, 2.05) is 0 Å². The minimum absolute atomic E-state index is 0.356. The Balaban J connectivity index is 2.11. The Morgan fingerprint density at radius 3 is 2.87 bits per heavy atom. The first kappa shape index (κ1) is 14.7. The van der Waals surface area contributed by atoms with E-state index in [0.29, 0.717) is 27.7 Å². The summed E-state index contributed by atoms with van der Waals surface area (Å²) in [6.07, 6.45) is 5.00. The van der Waals surface area contributed by atoms with Crippen LogP contribution in [0.2, 0.25) is 0 Å². The molecule has 0 atom stereocenters. The Bertz CT molecular complexity index is 931. The van der Waals surface area contributed by atoms with Crippen molar-refractivity contribution in [2.24, 2.45) is 5.73 Å². The first-order valence-corrected chi connectivity index (χ1v) is 6.84. The predicted octanol–water partition coefficient (Wildman–Crippen LogP) is 2.10. The quantitative estimate of drug-likeness (QED) is 0.499. The smallest absolute Gasteiger partial charge is 0.259 e. The molecule has 0 radical (unpaired) electrons. The molecule has 0 aliphatic rings. The standard InChI is InChI=1S/C16H14FN5O/c1-9-7-22(8-12(9)15(23)21-16(18)19)14-4-5-20-13-3-2-10(17)6-11(13)14/h2-8H,1H3,(H4,18,19,21,23). The number of guanidine groups is 1. The van der Waals surface area contributed by atoms with E-state index in [-0.39, 0.29) is 5.82 Å². The van der Waals surface area contributed by atoms with Gasteiger partial charge in [0.15, 0.2) is 5.96 Å². The first-order chi connectivity index (χ1) is 11.0. The van der Waals surface area contributed by atoms with Gasteiger partial charge in [0.25, 0.3) is 5.91 Å². The number of amides is 1. The second-order valence-corrected chi connectivity index (χ2v) is 5.12. The molecule has 0 aliphatic heterocycles. The summed E-state index contributed by atoms with van der Waals surface area (Å²) < 4.78 is 15.3. The molecule has 3 rings (SSSR count). The van der Waals surface area contributed by atoms with Crippen LogP contribution >= 0.6 is 0 Å².